The van der Waals surface area contributed by atoms with Crippen LogP contribution in [-0.2, 0) is 0 Å². The summed E-state index contributed by atoms with van der Waals surface area (Å²) in [6.07, 6.45) is 1.47. The lowest BCUT2D eigenvalue weighted by atomic mass is 10.2. The van der Waals surface area contributed by atoms with E-state index in [4.69, 9.17) is 26.8 Å². The number of nitrogen functional groups attached to an aromatic ring is 1. The predicted octanol–water partition coefficient (Wildman–Crippen LogP) is 3.94. The lowest BCUT2D eigenvalue weighted by molar-refractivity contribution is 0.396. The molecule has 32 heavy (non-hydrogen) atoms. The van der Waals surface area contributed by atoms with Gasteiger partial charge in [-0.3, -0.25) is 0 Å². The van der Waals surface area contributed by atoms with Gasteiger partial charge in [-0.25, -0.2) is 14.4 Å². The summed E-state index contributed by atoms with van der Waals surface area (Å²) in [4.78, 5) is 13.0. The van der Waals surface area contributed by atoms with E-state index < -0.39 is 0 Å². The maximum atomic E-state index is 13.2. The number of nitrogens with zero attached hydrogens (tertiary/aromatic N) is 4. The average molecular weight is 459 g/mol. The minimum absolute atomic E-state index is 0.240. The van der Waals surface area contributed by atoms with Crippen LogP contribution in [0.15, 0.2) is 42.7 Å². The largest absolute Gasteiger partial charge is 0.495 e. The van der Waals surface area contributed by atoms with Crippen molar-refractivity contribution in [3.8, 4) is 11.5 Å². The fraction of sp³-hybridized carbons (Fsp3) is 0.273. The molecule has 0 radical (unpaired) electrons. The minimum atomic E-state index is -0.240. The number of anilines is 5. The van der Waals surface area contributed by atoms with Crippen LogP contribution in [0.25, 0.3) is 0 Å². The van der Waals surface area contributed by atoms with Crippen molar-refractivity contribution in [1.29, 1.82) is 0 Å². The van der Waals surface area contributed by atoms with Gasteiger partial charge in [0.25, 0.3) is 0 Å². The highest BCUT2D eigenvalue weighted by Crippen LogP contribution is 2.38. The summed E-state index contributed by atoms with van der Waals surface area (Å²) in [6, 6.07) is 9.92. The summed E-state index contributed by atoms with van der Waals surface area (Å²) in [6.45, 7) is 2.96. The van der Waals surface area contributed by atoms with E-state index >= 15 is 0 Å². The van der Waals surface area contributed by atoms with Crippen molar-refractivity contribution in [3.05, 3.63) is 53.6 Å². The Kier molecular flexibility index (Phi) is 6.36. The summed E-state index contributed by atoms with van der Waals surface area (Å²) >= 11 is 6.27. The molecule has 1 aliphatic heterocycles. The number of benzene rings is 2. The van der Waals surface area contributed by atoms with Gasteiger partial charge < -0.3 is 30.3 Å². The first kappa shape index (κ1) is 21.8. The Hall–Kier alpha value is -3.46. The van der Waals surface area contributed by atoms with Crippen LogP contribution < -0.4 is 30.3 Å². The summed E-state index contributed by atoms with van der Waals surface area (Å²) in [7, 11) is 3.10. The smallest absolute Gasteiger partial charge is 0.159 e. The zero-order chi connectivity index (χ0) is 22.7. The lowest BCUT2D eigenvalue weighted by Gasteiger charge is -2.37. The van der Waals surface area contributed by atoms with Crippen LogP contribution in [0.1, 0.15) is 0 Å². The summed E-state index contributed by atoms with van der Waals surface area (Å²) in [5.41, 5.74) is 8.45. The van der Waals surface area contributed by atoms with Crippen LogP contribution in [0.3, 0.4) is 0 Å². The summed E-state index contributed by atoms with van der Waals surface area (Å²) in [5, 5.41) is 3.62. The molecular weight excluding hydrogens is 435 g/mol. The molecule has 8 nitrogen and oxygen atoms in total. The summed E-state index contributed by atoms with van der Waals surface area (Å²) in [5.74, 6) is 1.91. The maximum Gasteiger partial charge on any atom is 0.159 e. The number of ether oxygens (including phenoxy) is 2. The van der Waals surface area contributed by atoms with Gasteiger partial charge in [0.2, 0.25) is 0 Å². The number of hydrogen-bond acceptors (Lipinski definition) is 8. The zero-order valence-electron chi connectivity index (χ0n) is 17.8. The van der Waals surface area contributed by atoms with E-state index in [9.17, 15) is 4.39 Å². The maximum absolute atomic E-state index is 13.2. The van der Waals surface area contributed by atoms with Crippen LogP contribution in [0, 0.1) is 5.82 Å². The minimum Gasteiger partial charge on any atom is -0.495 e. The van der Waals surface area contributed by atoms with Gasteiger partial charge >= 0.3 is 0 Å². The fourth-order valence-corrected chi connectivity index (χ4v) is 3.89. The van der Waals surface area contributed by atoms with Crippen molar-refractivity contribution in [2.45, 2.75) is 0 Å². The highest BCUT2D eigenvalue weighted by molar-refractivity contribution is 6.32. The first-order valence-corrected chi connectivity index (χ1v) is 10.4. The van der Waals surface area contributed by atoms with Crippen LogP contribution in [0.5, 0.6) is 11.5 Å². The number of nitrogens with one attached hydrogen (secondary N) is 1. The standard InChI is InChI=1S/C22H24ClFN6O2/c1-31-18-12-19(32-2)17(11-16(18)23)28-21-20(25)22(27-13-26-21)30-9-7-29(8-10-30)15-5-3-14(24)4-6-15/h3-6,11-13H,7-10,25H2,1-2H3,(H,26,27,28). The normalized spacial score (nSPS) is 13.8. The Morgan fingerprint density at radius 1 is 0.969 bits per heavy atom. The number of piperazine rings is 1. The van der Waals surface area contributed by atoms with E-state index in [1.807, 2.05) is 0 Å². The molecule has 3 N–H and O–H groups in total. The van der Waals surface area contributed by atoms with Gasteiger partial charge in [-0.05, 0) is 30.3 Å². The molecule has 168 valence electrons. The van der Waals surface area contributed by atoms with Gasteiger partial charge in [0.15, 0.2) is 11.6 Å². The molecule has 0 amide bonds. The van der Waals surface area contributed by atoms with E-state index in [1.165, 1.54) is 25.6 Å². The molecule has 1 saturated heterocycles. The first-order chi connectivity index (χ1) is 15.5. The Labute approximate surface area is 190 Å². The van der Waals surface area contributed by atoms with Crippen LogP contribution in [-0.4, -0.2) is 50.4 Å². The second-order valence-corrected chi connectivity index (χ2v) is 7.63. The molecule has 10 heteroatoms. The van der Waals surface area contributed by atoms with Gasteiger partial charge in [0.1, 0.15) is 29.3 Å². The van der Waals surface area contributed by atoms with Crippen LogP contribution >= 0.6 is 11.6 Å². The van der Waals surface area contributed by atoms with E-state index in [-0.39, 0.29) is 5.82 Å². The molecule has 0 bridgehead atoms. The molecule has 2 aromatic carbocycles. The Balaban J connectivity index is 1.51. The highest BCUT2D eigenvalue weighted by atomic mass is 35.5. The van der Waals surface area contributed by atoms with Crippen molar-refractivity contribution in [2.75, 3.05) is 61.2 Å². The quantitative estimate of drug-likeness (QED) is 0.574. The number of rotatable bonds is 6. The van der Waals surface area contributed by atoms with Gasteiger partial charge in [-0.15, -0.1) is 0 Å². The Morgan fingerprint density at radius 2 is 1.62 bits per heavy atom. The zero-order valence-corrected chi connectivity index (χ0v) is 18.6. The van der Waals surface area contributed by atoms with Gasteiger partial charge in [-0.2, -0.15) is 0 Å². The first-order valence-electron chi connectivity index (χ1n) is 10.0. The number of aromatic nitrogens is 2. The van der Waals surface area contributed by atoms with E-state index in [1.54, 1.807) is 31.4 Å². The van der Waals surface area contributed by atoms with Crippen LogP contribution in [0.2, 0.25) is 5.02 Å². The van der Waals surface area contributed by atoms with E-state index in [0.29, 0.717) is 39.5 Å². The molecule has 0 saturated carbocycles. The van der Waals surface area contributed by atoms with Crippen LogP contribution in [0.4, 0.5) is 33.1 Å². The fourth-order valence-electron chi connectivity index (χ4n) is 3.65. The molecule has 4 rings (SSSR count). The molecule has 1 fully saturated rings. The molecule has 1 aromatic heterocycles. The number of hydrogen-bond donors (Lipinski definition) is 2. The van der Waals surface area contributed by atoms with Gasteiger partial charge in [0, 0.05) is 37.9 Å². The van der Waals surface area contributed by atoms with Crippen molar-refractivity contribution in [1.82, 2.24) is 9.97 Å². The van der Waals surface area contributed by atoms with E-state index in [0.717, 1.165) is 31.9 Å². The second kappa shape index (κ2) is 9.35. The van der Waals surface area contributed by atoms with Gasteiger partial charge in [-0.1, -0.05) is 11.6 Å². The number of halogens is 2. The topological polar surface area (TPSA) is 88.8 Å². The van der Waals surface area contributed by atoms with Crippen molar-refractivity contribution < 1.29 is 13.9 Å². The molecule has 0 aliphatic carbocycles. The lowest BCUT2D eigenvalue weighted by Crippen LogP contribution is -2.47. The molecule has 0 atom stereocenters. The van der Waals surface area contributed by atoms with Crippen molar-refractivity contribution in [2.24, 2.45) is 0 Å². The molecular formula is C22H24ClFN6O2. The Morgan fingerprint density at radius 3 is 2.28 bits per heavy atom. The van der Waals surface area contributed by atoms with Crippen molar-refractivity contribution in [3.63, 3.8) is 0 Å². The number of nitrogens with two attached hydrogens (primary N) is 1. The third kappa shape index (κ3) is 4.43. The highest BCUT2D eigenvalue weighted by Gasteiger charge is 2.22. The van der Waals surface area contributed by atoms with Gasteiger partial charge in [0.05, 0.1) is 24.9 Å². The Bertz CT molecular complexity index is 1090. The number of methoxy groups -OCH3 is 2. The molecule has 0 spiro atoms. The predicted molar refractivity (Wildman–Crippen MR) is 125 cm³/mol. The van der Waals surface area contributed by atoms with Crippen molar-refractivity contribution >= 4 is 40.3 Å². The average Bonchev–Trinajstić information content (AvgIpc) is 2.81. The summed E-state index contributed by atoms with van der Waals surface area (Å²) < 4.78 is 23.9. The third-order valence-corrected chi connectivity index (χ3v) is 5.66. The monoisotopic (exact) mass is 458 g/mol. The molecule has 3 aromatic rings. The molecule has 1 aliphatic rings. The second-order valence-electron chi connectivity index (χ2n) is 7.22. The third-order valence-electron chi connectivity index (χ3n) is 5.36. The molecule has 0 unspecified atom stereocenters. The molecule has 2 heterocycles. The van der Waals surface area contributed by atoms with E-state index in [2.05, 4.69) is 25.1 Å². The SMILES string of the molecule is COc1cc(OC)c(Nc2ncnc(N3CCN(c4ccc(F)cc4)CC3)c2N)cc1Cl.